The molecule has 0 saturated carbocycles. The highest BCUT2D eigenvalue weighted by atomic mass is 14.8. The average molecular weight is 248 g/mol. The van der Waals surface area contributed by atoms with Gasteiger partial charge < -0.3 is 0 Å². The van der Waals surface area contributed by atoms with Gasteiger partial charge in [-0.3, -0.25) is 9.98 Å². The Morgan fingerprint density at radius 2 is 1.74 bits per heavy atom. The van der Waals surface area contributed by atoms with Crippen LogP contribution in [0.1, 0.15) is 24.1 Å². The van der Waals surface area contributed by atoms with Crippen LogP contribution in [-0.2, 0) is 0 Å². The molecule has 0 fully saturated rings. The molecule has 2 heteroatoms. The lowest BCUT2D eigenvalue weighted by Crippen LogP contribution is -2.04. The Morgan fingerprint density at radius 1 is 0.947 bits per heavy atom. The number of aliphatic imine (C=N–C) groups is 1. The molecule has 1 aromatic heterocycles. The topological polar surface area (TPSA) is 25.2 Å². The summed E-state index contributed by atoms with van der Waals surface area (Å²) in [5.41, 5.74) is 5.70. The molecule has 0 atom stereocenters. The van der Waals surface area contributed by atoms with E-state index in [9.17, 15) is 0 Å². The molecule has 2 aromatic rings. The lowest BCUT2D eigenvalue weighted by Gasteiger charge is -2.08. The van der Waals surface area contributed by atoms with Crippen LogP contribution < -0.4 is 0 Å². The fraction of sp³-hybridized carbons (Fsp3) is 0.176. The van der Waals surface area contributed by atoms with Crippen molar-refractivity contribution in [3.63, 3.8) is 0 Å². The maximum Gasteiger partial charge on any atom is 0.0844 e. The molecule has 0 saturated heterocycles. The summed E-state index contributed by atoms with van der Waals surface area (Å²) in [6.45, 7) is 2.10. The summed E-state index contributed by atoms with van der Waals surface area (Å²) in [5, 5.41) is 0. The SMILES string of the molecule is Cc1ccc(-c2ccc(C3=NC=CCC3)nc2)cc1. The summed E-state index contributed by atoms with van der Waals surface area (Å²) in [5.74, 6) is 0. The first-order valence-corrected chi connectivity index (χ1v) is 6.58. The monoisotopic (exact) mass is 248 g/mol. The summed E-state index contributed by atoms with van der Waals surface area (Å²) >= 11 is 0. The number of rotatable bonds is 2. The second-order valence-electron chi connectivity index (χ2n) is 4.80. The van der Waals surface area contributed by atoms with Crippen LogP contribution in [0.4, 0.5) is 0 Å². The van der Waals surface area contributed by atoms with E-state index >= 15 is 0 Å². The van der Waals surface area contributed by atoms with Gasteiger partial charge in [0.05, 0.1) is 11.4 Å². The van der Waals surface area contributed by atoms with Crippen molar-refractivity contribution in [1.29, 1.82) is 0 Å². The molecule has 94 valence electrons. The van der Waals surface area contributed by atoms with E-state index in [1.54, 1.807) is 0 Å². The van der Waals surface area contributed by atoms with Gasteiger partial charge in [0, 0.05) is 18.0 Å². The van der Waals surface area contributed by atoms with Crippen molar-refractivity contribution in [3.8, 4) is 11.1 Å². The van der Waals surface area contributed by atoms with E-state index in [1.165, 1.54) is 11.1 Å². The number of pyridine rings is 1. The van der Waals surface area contributed by atoms with E-state index in [4.69, 9.17) is 0 Å². The zero-order valence-corrected chi connectivity index (χ0v) is 11.0. The Morgan fingerprint density at radius 3 is 2.37 bits per heavy atom. The molecule has 0 aliphatic carbocycles. The summed E-state index contributed by atoms with van der Waals surface area (Å²) < 4.78 is 0. The van der Waals surface area contributed by atoms with Crippen molar-refractivity contribution in [3.05, 3.63) is 66.1 Å². The normalized spacial score (nSPS) is 14.3. The molecule has 0 bridgehead atoms. The highest BCUT2D eigenvalue weighted by Crippen LogP contribution is 2.20. The number of hydrogen-bond acceptors (Lipinski definition) is 2. The Balaban J connectivity index is 1.88. The van der Waals surface area contributed by atoms with E-state index in [2.05, 4.69) is 59.4 Å². The van der Waals surface area contributed by atoms with Gasteiger partial charge in [-0.05, 0) is 31.4 Å². The van der Waals surface area contributed by atoms with Crippen molar-refractivity contribution in [2.45, 2.75) is 19.8 Å². The minimum atomic E-state index is 0.980. The van der Waals surface area contributed by atoms with Crippen molar-refractivity contribution in [2.75, 3.05) is 0 Å². The van der Waals surface area contributed by atoms with E-state index < -0.39 is 0 Å². The minimum Gasteiger partial charge on any atom is -0.259 e. The number of hydrogen-bond donors (Lipinski definition) is 0. The molecule has 0 spiro atoms. The molecule has 1 aliphatic rings. The Bertz CT molecular complexity index is 619. The van der Waals surface area contributed by atoms with Crippen LogP contribution in [0.2, 0.25) is 0 Å². The van der Waals surface area contributed by atoms with Gasteiger partial charge in [-0.1, -0.05) is 42.0 Å². The molecule has 1 aliphatic heterocycles. The van der Waals surface area contributed by atoms with Crippen molar-refractivity contribution >= 4 is 5.71 Å². The molecular weight excluding hydrogens is 232 g/mol. The highest BCUT2D eigenvalue weighted by molar-refractivity contribution is 6.00. The van der Waals surface area contributed by atoms with Gasteiger partial charge in [0.1, 0.15) is 0 Å². The fourth-order valence-electron chi connectivity index (χ4n) is 2.18. The smallest absolute Gasteiger partial charge is 0.0844 e. The second-order valence-corrected chi connectivity index (χ2v) is 4.80. The van der Waals surface area contributed by atoms with Crippen LogP contribution in [0.3, 0.4) is 0 Å². The molecule has 1 aromatic carbocycles. The summed E-state index contributed by atoms with van der Waals surface area (Å²) in [4.78, 5) is 8.92. The maximum atomic E-state index is 4.54. The van der Waals surface area contributed by atoms with E-state index in [0.29, 0.717) is 0 Å². The van der Waals surface area contributed by atoms with Gasteiger partial charge in [0.2, 0.25) is 0 Å². The van der Waals surface area contributed by atoms with Crippen molar-refractivity contribution < 1.29 is 0 Å². The molecule has 2 nitrogen and oxygen atoms in total. The first kappa shape index (κ1) is 11.8. The van der Waals surface area contributed by atoms with Gasteiger partial charge in [0.25, 0.3) is 0 Å². The zero-order valence-electron chi connectivity index (χ0n) is 11.0. The first-order valence-electron chi connectivity index (χ1n) is 6.58. The highest BCUT2D eigenvalue weighted by Gasteiger charge is 2.07. The molecule has 2 heterocycles. The number of nitrogens with zero attached hydrogens (tertiary/aromatic N) is 2. The van der Waals surface area contributed by atoms with E-state index in [1.807, 2.05) is 12.4 Å². The van der Waals surface area contributed by atoms with E-state index in [0.717, 1.165) is 29.8 Å². The molecule has 0 amide bonds. The van der Waals surface area contributed by atoms with Crippen LogP contribution >= 0.6 is 0 Å². The number of aromatic nitrogens is 1. The van der Waals surface area contributed by atoms with Crippen LogP contribution in [0.15, 0.2) is 59.9 Å². The van der Waals surface area contributed by atoms with Crippen LogP contribution in [-0.4, -0.2) is 10.7 Å². The largest absolute Gasteiger partial charge is 0.259 e. The first-order chi connectivity index (χ1) is 9.33. The van der Waals surface area contributed by atoms with Crippen LogP contribution in [0.5, 0.6) is 0 Å². The maximum absolute atomic E-state index is 4.54. The number of aryl methyl sites for hydroxylation is 1. The molecule has 3 rings (SSSR count). The van der Waals surface area contributed by atoms with Crippen molar-refractivity contribution in [1.82, 2.24) is 4.98 Å². The van der Waals surface area contributed by atoms with Gasteiger partial charge in [-0.15, -0.1) is 0 Å². The summed E-state index contributed by atoms with van der Waals surface area (Å²) in [7, 11) is 0. The number of allylic oxidation sites excluding steroid dienone is 1. The van der Waals surface area contributed by atoms with Gasteiger partial charge in [-0.2, -0.15) is 0 Å². The fourth-order valence-corrected chi connectivity index (χ4v) is 2.18. The Hall–Kier alpha value is -2.22. The van der Waals surface area contributed by atoms with Gasteiger partial charge >= 0.3 is 0 Å². The summed E-state index contributed by atoms with van der Waals surface area (Å²) in [6.07, 6.45) is 7.92. The predicted molar refractivity (Wildman–Crippen MR) is 79.3 cm³/mol. The zero-order chi connectivity index (χ0) is 13.1. The predicted octanol–water partition coefficient (Wildman–Crippen LogP) is 4.15. The van der Waals surface area contributed by atoms with Crippen LogP contribution in [0.25, 0.3) is 11.1 Å². The molecular formula is C17H16N2. The Kier molecular flexibility index (Phi) is 3.23. The van der Waals surface area contributed by atoms with Crippen molar-refractivity contribution in [2.24, 2.45) is 4.99 Å². The Labute approximate surface area is 113 Å². The quantitative estimate of drug-likeness (QED) is 0.783. The molecule has 0 N–H and O–H groups in total. The van der Waals surface area contributed by atoms with Gasteiger partial charge in [0.15, 0.2) is 0 Å². The lowest BCUT2D eigenvalue weighted by molar-refractivity contribution is 1.05. The minimum absolute atomic E-state index is 0.980. The third-order valence-corrected chi connectivity index (χ3v) is 3.33. The molecule has 19 heavy (non-hydrogen) atoms. The van der Waals surface area contributed by atoms with Gasteiger partial charge in [-0.25, -0.2) is 0 Å². The standard InChI is InChI=1S/C17H16N2/c1-13-5-7-14(8-6-13)15-9-10-17(19-12-15)16-4-2-3-11-18-16/h3,5-12H,2,4H2,1H3. The average Bonchev–Trinajstić information content (AvgIpc) is 2.49. The lowest BCUT2D eigenvalue weighted by atomic mass is 10.0. The third-order valence-electron chi connectivity index (χ3n) is 3.33. The molecule has 0 radical (unpaired) electrons. The molecule has 0 unspecified atom stereocenters. The summed E-state index contributed by atoms with van der Waals surface area (Å²) in [6, 6.07) is 12.7. The van der Waals surface area contributed by atoms with E-state index in [-0.39, 0.29) is 0 Å². The number of benzene rings is 1. The third kappa shape index (κ3) is 2.63. The second kappa shape index (κ2) is 5.19. The van der Waals surface area contributed by atoms with Crippen LogP contribution in [0, 0.1) is 6.92 Å².